The van der Waals surface area contributed by atoms with Gasteiger partial charge in [0.2, 0.25) is 0 Å². The van der Waals surface area contributed by atoms with Crippen molar-refractivity contribution in [2.24, 2.45) is 5.73 Å². The lowest BCUT2D eigenvalue weighted by Crippen LogP contribution is -2.08. The Hall–Kier alpha value is -0.930. The van der Waals surface area contributed by atoms with Crippen LogP contribution in [-0.4, -0.2) is 11.5 Å². The van der Waals surface area contributed by atoms with Crippen LogP contribution >= 0.6 is 11.3 Å². The van der Waals surface area contributed by atoms with Gasteiger partial charge in [-0.15, -0.1) is 11.3 Å². The molecule has 0 bridgehead atoms. The van der Waals surface area contributed by atoms with Gasteiger partial charge in [0, 0.05) is 5.92 Å². The molecule has 1 saturated carbocycles. The summed E-state index contributed by atoms with van der Waals surface area (Å²) in [6, 6.07) is 6.56. The van der Waals surface area contributed by atoms with Gasteiger partial charge < -0.3 is 5.73 Å². The second kappa shape index (κ2) is 3.82. The average Bonchev–Trinajstić information content (AvgIpc) is 3.07. The topological polar surface area (TPSA) is 38.9 Å². The van der Waals surface area contributed by atoms with Crippen molar-refractivity contribution in [3.8, 4) is 0 Å². The number of fused-ring (bicyclic) bond motifs is 1. The first-order valence-corrected chi connectivity index (χ1v) is 6.70. The zero-order valence-electron chi connectivity index (χ0n) is 9.44. The van der Waals surface area contributed by atoms with Crippen LogP contribution in [0.5, 0.6) is 0 Å². The maximum Gasteiger partial charge on any atom is 0.0969 e. The Morgan fingerprint density at radius 3 is 3.00 bits per heavy atom. The van der Waals surface area contributed by atoms with Gasteiger partial charge in [-0.05, 0) is 43.0 Å². The molecule has 84 valence electrons. The summed E-state index contributed by atoms with van der Waals surface area (Å²) in [6.45, 7) is 2.88. The van der Waals surface area contributed by atoms with E-state index in [1.165, 1.54) is 28.1 Å². The Balaban J connectivity index is 2.02. The van der Waals surface area contributed by atoms with Gasteiger partial charge in [0.15, 0.2) is 0 Å². The molecule has 1 fully saturated rings. The van der Waals surface area contributed by atoms with Crippen LogP contribution in [0.2, 0.25) is 0 Å². The van der Waals surface area contributed by atoms with Gasteiger partial charge in [0.1, 0.15) is 0 Å². The van der Waals surface area contributed by atoms with Crippen molar-refractivity contribution in [2.75, 3.05) is 6.54 Å². The van der Waals surface area contributed by atoms with E-state index in [9.17, 15) is 0 Å². The minimum atomic E-state index is 0.441. The van der Waals surface area contributed by atoms with Crippen LogP contribution in [0.4, 0.5) is 0 Å². The van der Waals surface area contributed by atoms with Crippen LogP contribution in [-0.2, 0) is 0 Å². The summed E-state index contributed by atoms with van der Waals surface area (Å²) < 4.78 is 1.32. The van der Waals surface area contributed by atoms with Crippen molar-refractivity contribution in [1.82, 2.24) is 4.98 Å². The second-order valence-corrected chi connectivity index (χ2v) is 5.75. The fourth-order valence-electron chi connectivity index (χ4n) is 1.91. The molecule has 1 aliphatic rings. The average molecular weight is 232 g/mol. The number of nitrogens with two attached hydrogens (primary N) is 1. The minimum absolute atomic E-state index is 0.441. The van der Waals surface area contributed by atoms with E-state index in [0.717, 1.165) is 11.4 Å². The van der Waals surface area contributed by atoms with Gasteiger partial charge in [-0.25, -0.2) is 4.98 Å². The fraction of sp³-hybridized carbons (Fsp3) is 0.462. The third kappa shape index (κ3) is 1.74. The molecule has 2 N–H and O–H groups in total. The lowest BCUT2D eigenvalue weighted by Gasteiger charge is -2.07. The predicted molar refractivity (Wildman–Crippen MR) is 69.1 cm³/mol. The van der Waals surface area contributed by atoms with E-state index in [2.05, 4.69) is 30.1 Å². The highest BCUT2D eigenvalue weighted by molar-refractivity contribution is 7.18. The minimum Gasteiger partial charge on any atom is -0.330 e. The quantitative estimate of drug-likeness (QED) is 0.882. The number of nitrogens with zero attached hydrogens (tertiary/aromatic N) is 1. The van der Waals surface area contributed by atoms with Crippen LogP contribution in [0.15, 0.2) is 18.2 Å². The maximum absolute atomic E-state index is 5.70. The summed E-state index contributed by atoms with van der Waals surface area (Å²) in [5.41, 5.74) is 8.19. The Labute approximate surface area is 99.5 Å². The molecular formula is C13H16N2S. The molecule has 3 heteroatoms. The molecule has 2 aromatic rings. The molecule has 0 aliphatic heterocycles. The van der Waals surface area contributed by atoms with Crippen LogP contribution in [0, 0.1) is 0 Å². The molecule has 1 aromatic carbocycles. The zero-order valence-corrected chi connectivity index (χ0v) is 10.3. The molecule has 1 atom stereocenters. The highest BCUT2D eigenvalue weighted by atomic mass is 32.1. The number of rotatable bonds is 3. The molecule has 16 heavy (non-hydrogen) atoms. The van der Waals surface area contributed by atoms with Crippen LogP contribution in [0.3, 0.4) is 0 Å². The third-order valence-corrected chi connectivity index (χ3v) is 4.46. The first-order chi connectivity index (χ1) is 7.78. The van der Waals surface area contributed by atoms with Crippen molar-refractivity contribution in [1.29, 1.82) is 0 Å². The first kappa shape index (κ1) is 10.2. The molecule has 1 aromatic heterocycles. The number of hydrogen-bond donors (Lipinski definition) is 1. The number of aromatic nitrogens is 1. The molecule has 1 aliphatic carbocycles. The predicted octanol–water partition coefficient (Wildman–Crippen LogP) is 3.24. The molecule has 0 saturated heterocycles. The first-order valence-electron chi connectivity index (χ1n) is 5.88. The van der Waals surface area contributed by atoms with Gasteiger partial charge >= 0.3 is 0 Å². The van der Waals surface area contributed by atoms with Crippen molar-refractivity contribution < 1.29 is 0 Å². The van der Waals surface area contributed by atoms with E-state index in [1.54, 1.807) is 0 Å². The van der Waals surface area contributed by atoms with Gasteiger partial charge in [-0.1, -0.05) is 13.0 Å². The summed E-state index contributed by atoms with van der Waals surface area (Å²) in [4.78, 5) is 4.69. The highest BCUT2D eigenvalue weighted by Crippen LogP contribution is 2.43. The van der Waals surface area contributed by atoms with Gasteiger partial charge in [-0.3, -0.25) is 0 Å². The van der Waals surface area contributed by atoms with Gasteiger partial charge in [0.25, 0.3) is 0 Å². The molecule has 0 amide bonds. The summed E-state index contributed by atoms with van der Waals surface area (Å²) >= 11 is 1.86. The Morgan fingerprint density at radius 1 is 1.50 bits per heavy atom. The molecule has 1 unspecified atom stereocenters. The summed E-state index contributed by atoms with van der Waals surface area (Å²) in [6.07, 6.45) is 2.65. The van der Waals surface area contributed by atoms with E-state index in [0.29, 0.717) is 12.5 Å². The standard InChI is InChI=1S/C13H16N2S/c1-8(7-14)10-4-5-11-12(6-10)16-13(15-11)9-2-3-9/h4-6,8-9H,2-3,7,14H2,1H3. The summed E-state index contributed by atoms with van der Waals surface area (Å²) in [5.74, 6) is 1.20. The van der Waals surface area contributed by atoms with Crippen LogP contribution < -0.4 is 5.73 Å². The second-order valence-electron chi connectivity index (χ2n) is 4.69. The smallest absolute Gasteiger partial charge is 0.0969 e. The molecular weight excluding hydrogens is 216 g/mol. The summed E-state index contributed by atoms with van der Waals surface area (Å²) in [7, 11) is 0. The normalized spacial score (nSPS) is 17.9. The van der Waals surface area contributed by atoms with E-state index < -0.39 is 0 Å². The molecule has 2 nitrogen and oxygen atoms in total. The monoisotopic (exact) mass is 232 g/mol. The van der Waals surface area contributed by atoms with Crippen molar-refractivity contribution >= 4 is 21.6 Å². The molecule has 1 heterocycles. The number of thiazole rings is 1. The fourth-order valence-corrected chi connectivity index (χ4v) is 3.09. The Bertz CT molecular complexity index is 514. The SMILES string of the molecule is CC(CN)c1ccc2nc(C3CC3)sc2c1. The zero-order chi connectivity index (χ0) is 11.1. The number of hydrogen-bond acceptors (Lipinski definition) is 3. The van der Waals surface area contributed by atoms with E-state index in [-0.39, 0.29) is 0 Å². The lowest BCUT2D eigenvalue weighted by atomic mass is 10.0. The van der Waals surface area contributed by atoms with Crippen LogP contribution in [0.1, 0.15) is 42.2 Å². The third-order valence-electron chi connectivity index (χ3n) is 3.28. The molecule has 0 spiro atoms. The molecule has 3 rings (SSSR count). The van der Waals surface area contributed by atoms with Crippen molar-refractivity contribution in [3.05, 3.63) is 28.8 Å². The number of benzene rings is 1. The largest absolute Gasteiger partial charge is 0.330 e. The maximum atomic E-state index is 5.70. The molecule has 0 radical (unpaired) electrons. The van der Waals surface area contributed by atoms with E-state index in [1.807, 2.05) is 11.3 Å². The Morgan fingerprint density at radius 2 is 2.31 bits per heavy atom. The van der Waals surface area contributed by atoms with Gasteiger partial charge in [-0.2, -0.15) is 0 Å². The highest BCUT2D eigenvalue weighted by Gasteiger charge is 2.26. The van der Waals surface area contributed by atoms with Crippen LogP contribution in [0.25, 0.3) is 10.2 Å². The van der Waals surface area contributed by atoms with Crippen molar-refractivity contribution in [3.63, 3.8) is 0 Å². The van der Waals surface area contributed by atoms with E-state index in [4.69, 9.17) is 5.73 Å². The van der Waals surface area contributed by atoms with Crippen molar-refractivity contribution in [2.45, 2.75) is 31.6 Å². The Kier molecular flexibility index (Phi) is 2.45. The van der Waals surface area contributed by atoms with E-state index >= 15 is 0 Å². The summed E-state index contributed by atoms with van der Waals surface area (Å²) in [5, 5.41) is 1.33. The lowest BCUT2D eigenvalue weighted by molar-refractivity contribution is 0.775. The van der Waals surface area contributed by atoms with Gasteiger partial charge in [0.05, 0.1) is 15.2 Å².